The fraction of sp³-hybridized carbons (Fsp3) is 0.306. The Morgan fingerprint density at radius 3 is 1.61 bits per heavy atom. The summed E-state index contributed by atoms with van der Waals surface area (Å²) in [5.74, 6) is -4.37. The number of hydroxylamine groups is 2. The molecule has 103 heavy (non-hydrogen) atoms. The number of carboxylic acid groups (broad SMARTS) is 1. The van der Waals surface area contributed by atoms with Crippen LogP contribution in [0.3, 0.4) is 0 Å². The Bertz CT molecular complexity index is 5120. The third kappa shape index (κ3) is 14.1. The summed E-state index contributed by atoms with van der Waals surface area (Å²) in [6.07, 6.45) is 10.4. The molecule has 3 N–H and O–H groups in total. The van der Waals surface area contributed by atoms with Crippen LogP contribution in [0.5, 0.6) is 5.75 Å². The number of aryl methyl sites for hydroxylation is 4. The molecule has 31 heteroatoms. The molecule has 1 saturated heterocycles. The summed E-state index contributed by atoms with van der Waals surface area (Å²) < 4.78 is 22.4. The molecule has 2 atom stereocenters. The lowest BCUT2D eigenvalue weighted by atomic mass is 9.98. The molecule has 16 rings (SSSR count). The lowest BCUT2D eigenvalue weighted by Crippen LogP contribution is -2.49. The highest BCUT2D eigenvalue weighted by Crippen LogP contribution is 2.36. The number of hydrogen-bond acceptors (Lipinski definition) is 23. The number of imide groups is 1. The largest absolute Gasteiger partial charge is 0.489 e. The highest BCUT2D eigenvalue weighted by atomic mass is 35.5. The van der Waals surface area contributed by atoms with Crippen LogP contribution >= 0.6 is 11.6 Å². The van der Waals surface area contributed by atoms with Gasteiger partial charge in [-0.3, -0.25) is 42.7 Å². The number of benzene rings is 6. The number of fused-ring (bicyclic) bond motifs is 11. The van der Waals surface area contributed by atoms with Gasteiger partial charge in [0.1, 0.15) is 38.3 Å². The summed E-state index contributed by atoms with van der Waals surface area (Å²) in [4.78, 5) is 110. The Morgan fingerprint density at radius 2 is 1.10 bits per heavy atom. The molecule has 9 heterocycles. The SMILES string of the molecule is CCOC(=O)C(=O)c1ccc2cnn(C)c2c1CON1C(=O)c2ccccc2C1=O.CCOC(=O)C1=NOCc2c1ccc1cnn(C)c21.Cn1ncc2ccc3c(c21)CON=C3C(=O)N[C@H](CN1CCCC1)[C@H](O)c1ccc(OC2CC2)c(Cl)c1.Cn1ncc2ccc3c(c21)CON=C3C(=O)O. The number of Topliss-reactive ketones (excluding diaryl/α,β-unsaturated/α-hetero) is 1. The number of aromatic nitrogens is 8. The van der Waals surface area contributed by atoms with Gasteiger partial charge in [0, 0.05) is 101 Å². The second kappa shape index (κ2) is 29.8. The first kappa shape index (κ1) is 69.7. The molecule has 0 bridgehead atoms. The average molecular weight is 1420 g/mol. The van der Waals surface area contributed by atoms with E-state index in [1.165, 1.54) is 22.9 Å². The van der Waals surface area contributed by atoms with Crippen LogP contribution in [0.15, 0.2) is 131 Å². The fourth-order valence-corrected chi connectivity index (χ4v) is 13.2. The maximum absolute atomic E-state index is 13.6. The molecule has 4 aromatic heterocycles. The fourth-order valence-electron chi connectivity index (χ4n) is 13.0. The number of carbonyl (C=O) groups excluding carboxylic acids is 6. The molecular weight excluding hydrogens is 1350 g/mol. The van der Waals surface area contributed by atoms with Gasteiger partial charge in [-0.15, -0.1) is 5.06 Å². The van der Waals surface area contributed by atoms with E-state index in [0.29, 0.717) is 68.8 Å². The number of amides is 3. The number of aliphatic carboxylic acids is 1. The first-order valence-electron chi connectivity index (χ1n) is 33.1. The summed E-state index contributed by atoms with van der Waals surface area (Å²) in [5, 5.41) is 56.6. The minimum Gasteiger partial charge on any atom is -0.489 e. The van der Waals surface area contributed by atoms with Crippen molar-refractivity contribution in [2.24, 2.45) is 43.7 Å². The summed E-state index contributed by atoms with van der Waals surface area (Å²) >= 11 is 6.48. The van der Waals surface area contributed by atoms with Crippen LogP contribution in [0.4, 0.5) is 0 Å². The van der Waals surface area contributed by atoms with Crippen LogP contribution in [0.1, 0.15) is 121 Å². The lowest BCUT2D eigenvalue weighted by Gasteiger charge is -2.29. The number of oxime groups is 3. The van der Waals surface area contributed by atoms with Crippen molar-refractivity contribution in [1.29, 1.82) is 0 Å². The highest BCUT2D eigenvalue weighted by Gasteiger charge is 2.38. The zero-order valence-electron chi connectivity index (χ0n) is 56.7. The minimum absolute atomic E-state index is 0.0550. The summed E-state index contributed by atoms with van der Waals surface area (Å²) in [7, 11) is 7.21. The van der Waals surface area contributed by atoms with Gasteiger partial charge in [0.05, 0.1) is 88.4 Å². The predicted molar refractivity (Wildman–Crippen MR) is 371 cm³/mol. The summed E-state index contributed by atoms with van der Waals surface area (Å²) in [6.45, 7) is 6.64. The topological polar surface area (TPSA) is 351 Å². The van der Waals surface area contributed by atoms with Crippen LogP contribution in [0.25, 0.3) is 43.6 Å². The molecule has 10 aromatic rings. The van der Waals surface area contributed by atoms with Crippen molar-refractivity contribution in [1.82, 2.24) is 54.4 Å². The Hall–Kier alpha value is -11.7. The van der Waals surface area contributed by atoms with Gasteiger partial charge in [0.2, 0.25) is 0 Å². The quantitative estimate of drug-likeness (QED) is 0.0341. The molecular formula is C72H69ClN14O16. The van der Waals surface area contributed by atoms with Crippen molar-refractivity contribution >= 4 is 114 Å². The van der Waals surface area contributed by atoms with Crippen molar-refractivity contribution in [2.75, 3.05) is 32.8 Å². The number of ether oxygens (including phenoxy) is 3. The van der Waals surface area contributed by atoms with Crippen molar-refractivity contribution in [3.05, 3.63) is 182 Å². The van der Waals surface area contributed by atoms with E-state index in [-0.39, 0.29) is 66.4 Å². The number of nitrogens with one attached hydrogen (secondary N) is 1. The summed E-state index contributed by atoms with van der Waals surface area (Å²) in [5.41, 5.74) is 9.77. The maximum Gasteiger partial charge on any atom is 0.379 e. The molecule has 1 aliphatic carbocycles. The number of nitrogens with zero attached hydrogens (tertiary/aromatic N) is 13. The zero-order valence-corrected chi connectivity index (χ0v) is 57.5. The number of carboxylic acids is 1. The van der Waals surface area contributed by atoms with Crippen LogP contribution in [0, 0.1) is 0 Å². The second-order valence-corrected chi connectivity index (χ2v) is 25.1. The molecule has 0 spiro atoms. The van der Waals surface area contributed by atoms with E-state index in [1.807, 2.05) is 57.5 Å². The lowest BCUT2D eigenvalue weighted by molar-refractivity contribution is -0.137. The predicted octanol–water partition coefficient (Wildman–Crippen LogP) is 7.63. The number of likely N-dealkylation sites (tertiary alicyclic amines) is 1. The van der Waals surface area contributed by atoms with Gasteiger partial charge in [-0.1, -0.05) is 87.7 Å². The van der Waals surface area contributed by atoms with Crippen molar-refractivity contribution in [3.8, 4) is 5.75 Å². The van der Waals surface area contributed by atoms with Crippen LogP contribution in [-0.4, -0.2) is 163 Å². The van der Waals surface area contributed by atoms with Gasteiger partial charge < -0.3 is 49.2 Å². The molecule has 3 amide bonds. The average Bonchev–Trinajstić information content (AvgIpc) is 1.74. The minimum atomic E-state index is -1.09. The molecule has 5 aliphatic heterocycles. The third-order valence-electron chi connectivity index (χ3n) is 18.0. The van der Waals surface area contributed by atoms with Gasteiger partial charge in [0.15, 0.2) is 17.1 Å². The Kier molecular flexibility index (Phi) is 20.2. The molecule has 0 unspecified atom stereocenters. The van der Waals surface area contributed by atoms with E-state index in [2.05, 4.69) is 46.1 Å². The molecule has 530 valence electrons. The van der Waals surface area contributed by atoms with E-state index in [4.69, 9.17) is 50.3 Å². The van der Waals surface area contributed by atoms with E-state index in [0.717, 1.165) is 93.7 Å². The normalized spacial score (nSPS) is 15.5. The molecule has 30 nitrogen and oxygen atoms in total. The standard InChI is InChI=1S/C27H30ClN5O4.C21H17N3O6.C13H13N3O3.C11H9N3O3/c1-32-25-17(13-29-32)4-8-19-20(25)15-36-31-24(19)27(35)30-22(14-33-10-2-3-11-33)26(34)16-5-9-23(21(28)12-16)37-18-6-7-18;1-3-29-21(28)18(25)13-9-8-12-10-22-23(2)17(12)16(13)11-30-24-19(26)14-6-4-5-7-15(14)20(24)27;1-3-18-13(17)11-9-5-4-8-6-14-16(2)12(8)10(9)7-19-15-11;1-14-10-6(4-12-14)2-3-7-8(10)5-17-13-9(7)11(15)16/h4-5,8-9,12-13,18,22,26,34H,2-3,6-7,10-11,14-15H2,1H3,(H,30,35);4-10H,3,11H2,1-2H3;4-6H,3,7H2,1-2H3;2-4H,5H2,1H3,(H,15,16)/t22-,26-;;;/m1.../s1. The van der Waals surface area contributed by atoms with Crippen LogP contribution in [0.2, 0.25) is 5.02 Å². The number of ketones is 1. The Balaban J connectivity index is 0.000000128. The molecule has 6 aliphatic rings. The second-order valence-electron chi connectivity index (χ2n) is 24.7. The van der Waals surface area contributed by atoms with Crippen molar-refractivity contribution in [2.45, 2.75) is 84.2 Å². The zero-order chi connectivity index (χ0) is 72.3. The van der Waals surface area contributed by atoms with Crippen LogP contribution < -0.4 is 10.1 Å². The van der Waals surface area contributed by atoms with Gasteiger partial charge >= 0.3 is 17.9 Å². The van der Waals surface area contributed by atoms with Crippen LogP contribution in [-0.2, 0) is 103 Å². The van der Waals surface area contributed by atoms with E-state index in [9.17, 15) is 38.7 Å². The monoisotopic (exact) mass is 1420 g/mol. The van der Waals surface area contributed by atoms with Crippen molar-refractivity contribution in [3.63, 3.8) is 0 Å². The van der Waals surface area contributed by atoms with Crippen molar-refractivity contribution < 1.29 is 77.3 Å². The molecule has 0 radical (unpaired) electrons. The first-order valence-corrected chi connectivity index (χ1v) is 33.4. The Morgan fingerprint density at radius 1 is 0.612 bits per heavy atom. The number of aliphatic hydroxyl groups excluding tert-OH is 1. The Labute approximate surface area is 591 Å². The number of carbonyl (C=O) groups is 7. The van der Waals surface area contributed by atoms with E-state index >= 15 is 0 Å². The number of aliphatic hydroxyl groups is 1. The number of rotatable bonds is 17. The highest BCUT2D eigenvalue weighted by molar-refractivity contribution is 6.46. The van der Waals surface area contributed by atoms with Gasteiger partial charge in [0.25, 0.3) is 23.5 Å². The first-order chi connectivity index (χ1) is 49.8. The molecule has 2 fully saturated rings. The number of esters is 2. The number of halogens is 1. The van der Waals surface area contributed by atoms with Gasteiger partial charge in [-0.25, -0.2) is 14.4 Å². The molecule has 6 aromatic carbocycles. The smallest absolute Gasteiger partial charge is 0.379 e. The maximum atomic E-state index is 13.6. The molecule has 1 saturated carbocycles. The number of hydrogen-bond donors (Lipinski definition) is 3. The van der Waals surface area contributed by atoms with E-state index < -0.39 is 53.6 Å². The summed E-state index contributed by atoms with van der Waals surface area (Å²) in [6, 6.07) is 25.4. The van der Waals surface area contributed by atoms with Gasteiger partial charge in [-0.05, 0) is 88.5 Å². The van der Waals surface area contributed by atoms with E-state index in [1.54, 1.807) is 96.1 Å². The third-order valence-corrected chi connectivity index (χ3v) is 18.3. The van der Waals surface area contributed by atoms with Gasteiger partial charge in [-0.2, -0.15) is 20.4 Å².